The van der Waals surface area contributed by atoms with Crippen molar-refractivity contribution < 1.29 is 4.79 Å². The molecule has 0 saturated heterocycles. The van der Waals surface area contributed by atoms with Crippen molar-refractivity contribution in [1.82, 2.24) is 5.32 Å². The Morgan fingerprint density at radius 3 is 2.80 bits per heavy atom. The van der Waals surface area contributed by atoms with Crippen LogP contribution in [0.25, 0.3) is 0 Å². The molecule has 4 heteroatoms. The number of carbonyl (C=O) groups excluding carboxylic acids is 1. The van der Waals surface area contributed by atoms with E-state index in [1.165, 1.54) is 0 Å². The lowest BCUT2D eigenvalue weighted by Gasteiger charge is -2.11. The molecule has 0 bridgehead atoms. The lowest BCUT2D eigenvalue weighted by atomic mass is 10.1. The molecule has 0 aromatic heterocycles. The number of carbonyl (C=O) groups is 1. The second kappa shape index (κ2) is 5.52. The smallest absolute Gasteiger partial charge is 0.253 e. The van der Waals surface area contributed by atoms with Gasteiger partial charge < -0.3 is 5.32 Å². The molecular formula is C11H13BrClNO. The van der Waals surface area contributed by atoms with Crippen LogP contribution < -0.4 is 5.32 Å². The van der Waals surface area contributed by atoms with Crippen LogP contribution in [0.4, 0.5) is 0 Å². The van der Waals surface area contributed by atoms with Gasteiger partial charge in [0.15, 0.2) is 0 Å². The van der Waals surface area contributed by atoms with E-state index >= 15 is 0 Å². The number of rotatable bonds is 3. The van der Waals surface area contributed by atoms with E-state index in [2.05, 4.69) is 21.2 Å². The minimum atomic E-state index is -0.132. The molecule has 0 fully saturated rings. The molecule has 0 aliphatic carbocycles. The van der Waals surface area contributed by atoms with E-state index in [-0.39, 0.29) is 11.9 Å². The molecule has 0 radical (unpaired) electrons. The van der Waals surface area contributed by atoms with Gasteiger partial charge in [0.2, 0.25) is 0 Å². The fraction of sp³-hybridized carbons (Fsp3) is 0.364. The fourth-order valence-corrected chi connectivity index (χ4v) is 1.63. The first-order chi connectivity index (χ1) is 7.04. The van der Waals surface area contributed by atoms with Crippen LogP contribution in [0.1, 0.15) is 22.8 Å². The number of hydrogen-bond donors (Lipinski definition) is 1. The Labute approximate surface area is 103 Å². The van der Waals surface area contributed by atoms with Crippen molar-refractivity contribution in [3.8, 4) is 0 Å². The quantitative estimate of drug-likeness (QED) is 0.851. The molecule has 0 spiro atoms. The average molecular weight is 291 g/mol. The lowest BCUT2D eigenvalue weighted by Crippen LogP contribution is -2.33. The number of benzene rings is 1. The predicted molar refractivity (Wildman–Crippen MR) is 66.9 cm³/mol. The highest BCUT2D eigenvalue weighted by molar-refractivity contribution is 9.09. The van der Waals surface area contributed by atoms with Crippen molar-refractivity contribution in [1.29, 1.82) is 0 Å². The van der Waals surface area contributed by atoms with E-state index in [1.807, 2.05) is 19.9 Å². The first kappa shape index (κ1) is 12.5. The van der Waals surface area contributed by atoms with E-state index < -0.39 is 0 Å². The Morgan fingerprint density at radius 2 is 2.27 bits per heavy atom. The Bertz CT molecular complexity index is 368. The highest BCUT2D eigenvalue weighted by Gasteiger charge is 2.11. The molecule has 2 nitrogen and oxygen atoms in total. The van der Waals surface area contributed by atoms with Gasteiger partial charge in [-0.1, -0.05) is 33.6 Å². The van der Waals surface area contributed by atoms with Gasteiger partial charge in [-0.25, -0.2) is 0 Å². The molecule has 0 aliphatic heterocycles. The van der Waals surface area contributed by atoms with Gasteiger partial charge in [-0.2, -0.15) is 0 Å². The Balaban J connectivity index is 2.82. The highest BCUT2D eigenvalue weighted by atomic mass is 79.9. The number of alkyl halides is 1. The average Bonchev–Trinajstić information content (AvgIpc) is 2.17. The number of aryl methyl sites for hydroxylation is 1. The second-order valence-corrected chi connectivity index (χ2v) is 4.57. The molecule has 1 aromatic rings. The van der Waals surface area contributed by atoms with Crippen LogP contribution in [-0.2, 0) is 0 Å². The summed E-state index contributed by atoms with van der Waals surface area (Å²) >= 11 is 9.28. The molecule has 82 valence electrons. The summed E-state index contributed by atoms with van der Waals surface area (Å²) in [5.41, 5.74) is 1.57. The van der Waals surface area contributed by atoms with Gasteiger partial charge in [-0.05, 0) is 31.5 Å². The van der Waals surface area contributed by atoms with Gasteiger partial charge in [0, 0.05) is 11.4 Å². The van der Waals surface area contributed by atoms with Gasteiger partial charge >= 0.3 is 0 Å². The summed E-state index contributed by atoms with van der Waals surface area (Å²) < 4.78 is 0. The summed E-state index contributed by atoms with van der Waals surface area (Å²) in [5, 5.41) is 4.05. The zero-order chi connectivity index (χ0) is 11.4. The maximum atomic E-state index is 11.7. The lowest BCUT2D eigenvalue weighted by molar-refractivity contribution is 0.0944. The first-order valence-corrected chi connectivity index (χ1v) is 6.17. The van der Waals surface area contributed by atoms with Gasteiger partial charge in [0.05, 0.1) is 10.6 Å². The SMILES string of the molecule is Cc1ccc(C(=O)NC(C)CBr)c(Cl)c1. The fourth-order valence-electron chi connectivity index (χ4n) is 1.14. The van der Waals surface area contributed by atoms with Crippen molar-refractivity contribution >= 4 is 33.4 Å². The van der Waals surface area contributed by atoms with Crippen LogP contribution in [0, 0.1) is 6.92 Å². The van der Waals surface area contributed by atoms with Crippen molar-refractivity contribution in [3.05, 3.63) is 34.3 Å². The van der Waals surface area contributed by atoms with E-state index in [9.17, 15) is 4.79 Å². The number of nitrogens with one attached hydrogen (secondary N) is 1. The number of amides is 1. The normalized spacial score (nSPS) is 12.3. The second-order valence-electron chi connectivity index (χ2n) is 3.51. The minimum Gasteiger partial charge on any atom is -0.349 e. The third kappa shape index (κ3) is 3.50. The maximum Gasteiger partial charge on any atom is 0.253 e. The monoisotopic (exact) mass is 289 g/mol. The maximum absolute atomic E-state index is 11.7. The van der Waals surface area contributed by atoms with Crippen molar-refractivity contribution in [2.45, 2.75) is 19.9 Å². The van der Waals surface area contributed by atoms with E-state index in [4.69, 9.17) is 11.6 Å². The summed E-state index contributed by atoms with van der Waals surface area (Å²) in [4.78, 5) is 11.7. The molecule has 1 N–H and O–H groups in total. The number of hydrogen-bond acceptors (Lipinski definition) is 1. The van der Waals surface area contributed by atoms with E-state index in [0.29, 0.717) is 10.6 Å². The van der Waals surface area contributed by atoms with Crippen LogP contribution in [0.3, 0.4) is 0 Å². The van der Waals surface area contributed by atoms with Crippen molar-refractivity contribution in [2.24, 2.45) is 0 Å². The molecule has 0 aliphatic rings. The molecule has 15 heavy (non-hydrogen) atoms. The van der Waals surface area contributed by atoms with Crippen LogP contribution in [0.2, 0.25) is 5.02 Å². The molecule has 0 heterocycles. The van der Waals surface area contributed by atoms with Gasteiger partial charge in [0.25, 0.3) is 5.91 Å². The van der Waals surface area contributed by atoms with Gasteiger partial charge in [0.1, 0.15) is 0 Å². The van der Waals surface area contributed by atoms with Gasteiger partial charge in [-0.3, -0.25) is 4.79 Å². The van der Waals surface area contributed by atoms with Crippen molar-refractivity contribution in [3.63, 3.8) is 0 Å². The zero-order valence-corrected chi connectivity index (χ0v) is 11.0. The number of halogens is 2. The Hall–Kier alpha value is -0.540. The standard InChI is InChI=1S/C11H13BrClNO/c1-7-3-4-9(10(13)5-7)11(15)14-8(2)6-12/h3-5,8H,6H2,1-2H3,(H,14,15). The van der Waals surface area contributed by atoms with E-state index in [0.717, 1.165) is 10.9 Å². The summed E-state index contributed by atoms with van der Waals surface area (Å²) in [6.45, 7) is 3.86. The van der Waals surface area contributed by atoms with Crippen LogP contribution in [0.5, 0.6) is 0 Å². The zero-order valence-electron chi connectivity index (χ0n) is 8.68. The third-order valence-corrected chi connectivity index (χ3v) is 3.26. The molecule has 0 saturated carbocycles. The molecule has 1 unspecified atom stereocenters. The van der Waals surface area contributed by atoms with Crippen LogP contribution in [0.15, 0.2) is 18.2 Å². The summed E-state index contributed by atoms with van der Waals surface area (Å²) in [7, 11) is 0. The van der Waals surface area contributed by atoms with Crippen LogP contribution in [-0.4, -0.2) is 17.3 Å². The van der Waals surface area contributed by atoms with Crippen molar-refractivity contribution in [2.75, 3.05) is 5.33 Å². The van der Waals surface area contributed by atoms with Crippen LogP contribution >= 0.6 is 27.5 Å². The largest absolute Gasteiger partial charge is 0.349 e. The molecule has 1 aromatic carbocycles. The molecule has 1 amide bonds. The topological polar surface area (TPSA) is 29.1 Å². The molecule has 1 rings (SSSR count). The van der Waals surface area contributed by atoms with Gasteiger partial charge in [-0.15, -0.1) is 0 Å². The Kier molecular flexibility index (Phi) is 4.61. The molecule has 1 atom stereocenters. The van der Waals surface area contributed by atoms with E-state index in [1.54, 1.807) is 12.1 Å². The third-order valence-electron chi connectivity index (χ3n) is 1.98. The highest BCUT2D eigenvalue weighted by Crippen LogP contribution is 2.17. The first-order valence-electron chi connectivity index (χ1n) is 4.67. The summed E-state index contributed by atoms with van der Waals surface area (Å²) in [6.07, 6.45) is 0. The summed E-state index contributed by atoms with van der Waals surface area (Å²) in [5.74, 6) is -0.132. The predicted octanol–water partition coefficient (Wildman–Crippen LogP) is 3.16. The Morgan fingerprint density at radius 1 is 1.60 bits per heavy atom. The minimum absolute atomic E-state index is 0.0925. The molecular weight excluding hydrogens is 277 g/mol. The summed E-state index contributed by atoms with van der Waals surface area (Å²) in [6, 6.07) is 5.50.